The summed E-state index contributed by atoms with van der Waals surface area (Å²) in [4.78, 5) is 28.8. The quantitative estimate of drug-likeness (QED) is 0.653. The number of benzene rings is 1. The number of hydrogen-bond acceptors (Lipinski definition) is 5. The molecule has 1 saturated carbocycles. The number of nitrogens with one attached hydrogen (secondary N) is 1. The predicted octanol–water partition coefficient (Wildman–Crippen LogP) is 3.39. The van der Waals surface area contributed by atoms with E-state index in [1.807, 2.05) is 24.3 Å². The summed E-state index contributed by atoms with van der Waals surface area (Å²) in [7, 11) is 0. The number of carbonyl (C=O) groups is 1. The van der Waals surface area contributed by atoms with Gasteiger partial charge in [0.15, 0.2) is 0 Å². The molecule has 0 saturated heterocycles. The highest BCUT2D eigenvalue weighted by molar-refractivity contribution is 9.10. The first-order chi connectivity index (χ1) is 13.6. The van der Waals surface area contributed by atoms with Crippen LogP contribution >= 0.6 is 15.9 Å². The number of aromatic nitrogens is 3. The highest BCUT2D eigenvalue weighted by Crippen LogP contribution is 2.23. The van der Waals surface area contributed by atoms with Gasteiger partial charge in [0.1, 0.15) is 6.54 Å². The summed E-state index contributed by atoms with van der Waals surface area (Å²) in [6.07, 6.45) is 5.86. The van der Waals surface area contributed by atoms with Gasteiger partial charge in [-0.2, -0.15) is 4.98 Å². The van der Waals surface area contributed by atoms with Crippen LogP contribution in [0.15, 0.2) is 56.4 Å². The molecule has 2 heterocycles. The first-order valence-electron chi connectivity index (χ1n) is 9.18. The van der Waals surface area contributed by atoms with Crippen molar-refractivity contribution in [3.63, 3.8) is 0 Å². The van der Waals surface area contributed by atoms with Gasteiger partial charge in [0.05, 0.1) is 5.56 Å². The fourth-order valence-corrected chi connectivity index (χ4v) is 3.60. The maximum Gasteiger partial charge on any atom is 0.259 e. The Kier molecular flexibility index (Phi) is 5.38. The van der Waals surface area contributed by atoms with Crippen LogP contribution in [-0.2, 0) is 11.3 Å². The van der Waals surface area contributed by atoms with Gasteiger partial charge in [-0.3, -0.25) is 9.59 Å². The molecule has 1 fully saturated rings. The van der Waals surface area contributed by atoms with Crippen molar-refractivity contribution < 1.29 is 9.32 Å². The number of hydrogen-bond donors (Lipinski definition) is 1. The number of nitrogens with zero attached hydrogens (tertiary/aromatic N) is 3. The SMILES string of the molecule is O=C(Cn1cc(-c2nc(-c3ccc(Br)cc3)no2)ccc1=O)NC1CCCC1. The molecule has 4 rings (SSSR count). The highest BCUT2D eigenvalue weighted by atomic mass is 79.9. The molecule has 7 nitrogen and oxygen atoms in total. The van der Waals surface area contributed by atoms with Crippen molar-refractivity contribution in [1.82, 2.24) is 20.0 Å². The van der Waals surface area contributed by atoms with E-state index < -0.39 is 0 Å². The van der Waals surface area contributed by atoms with Crippen LogP contribution in [0, 0.1) is 0 Å². The second-order valence-electron chi connectivity index (χ2n) is 6.86. The van der Waals surface area contributed by atoms with Gasteiger partial charge in [-0.25, -0.2) is 0 Å². The van der Waals surface area contributed by atoms with E-state index in [4.69, 9.17) is 4.52 Å². The molecule has 28 heavy (non-hydrogen) atoms. The van der Waals surface area contributed by atoms with Crippen LogP contribution in [0.5, 0.6) is 0 Å². The Labute approximate surface area is 169 Å². The van der Waals surface area contributed by atoms with Crippen LogP contribution in [0.1, 0.15) is 25.7 Å². The molecule has 1 amide bonds. The van der Waals surface area contributed by atoms with Crippen LogP contribution < -0.4 is 10.9 Å². The lowest BCUT2D eigenvalue weighted by Gasteiger charge is -2.13. The third kappa shape index (κ3) is 4.22. The Balaban J connectivity index is 1.52. The van der Waals surface area contributed by atoms with E-state index >= 15 is 0 Å². The summed E-state index contributed by atoms with van der Waals surface area (Å²) in [5, 5.41) is 7.00. The van der Waals surface area contributed by atoms with Crippen molar-refractivity contribution in [3.05, 3.63) is 57.4 Å². The first-order valence-corrected chi connectivity index (χ1v) is 9.98. The van der Waals surface area contributed by atoms with Crippen molar-refractivity contribution >= 4 is 21.8 Å². The van der Waals surface area contributed by atoms with Gasteiger partial charge >= 0.3 is 0 Å². The summed E-state index contributed by atoms with van der Waals surface area (Å²) in [5.74, 6) is 0.592. The van der Waals surface area contributed by atoms with Gasteiger partial charge in [0.2, 0.25) is 11.7 Å². The molecular weight excluding hydrogens is 424 g/mol. The molecule has 144 valence electrons. The Morgan fingerprint density at radius 3 is 2.61 bits per heavy atom. The van der Waals surface area contributed by atoms with Crippen LogP contribution in [0.2, 0.25) is 0 Å². The minimum absolute atomic E-state index is 0.0309. The normalized spacial score (nSPS) is 14.3. The molecule has 0 atom stereocenters. The zero-order valence-corrected chi connectivity index (χ0v) is 16.7. The zero-order valence-electron chi connectivity index (χ0n) is 15.1. The van der Waals surface area contributed by atoms with Crippen molar-refractivity contribution in [2.75, 3.05) is 0 Å². The Morgan fingerprint density at radius 2 is 1.86 bits per heavy atom. The molecule has 1 aliphatic rings. The third-order valence-electron chi connectivity index (χ3n) is 4.79. The van der Waals surface area contributed by atoms with Gasteiger partial charge in [0.25, 0.3) is 11.4 Å². The van der Waals surface area contributed by atoms with Crippen molar-refractivity contribution in [3.8, 4) is 22.8 Å². The molecule has 1 N–H and O–H groups in total. The summed E-state index contributed by atoms with van der Waals surface area (Å²) < 4.78 is 7.68. The number of halogens is 1. The average Bonchev–Trinajstić information content (AvgIpc) is 3.36. The van der Waals surface area contributed by atoms with E-state index in [2.05, 4.69) is 31.4 Å². The van der Waals surface area contributed by atoms with E-state index in [0.29, 0.717) is 17.3 Å². The first kappa shape index (κ1) is 18.6. The van der Waals surface area contributed by atoms with Gasteiger partial charge in [-0.1, -0.05) is 33.9 Å². The Morgan fingerprint density at radius 1 is 1.14 bits per heavy atom. The summed E-state index contributed by atoms with van der Waals surface area (Å²) >= 11 is 3.39. The maximum absolute atomic E-state index is 12.3. The Hall–Kier alpha value is -2.74. The molecule has 3 aromatic rings. The van der Waals surface area contributed by atoms with E-state index in [1.165, 1.54) is 10.6 Å². The largest absolute Gasteiger partial charge is 0.352 e. The smallest absolute Gasteiger partial charge is 0.259 e. The van der Waals surface area contributed by atoms with Crippen molar-refractivity contribution in [2.45, 2.75) is 38.3 Å². The molecule has 0 spiro atoms. The minimum Gasteiger partial charge on any atom is -0.352 e. The standard InChI is InChI=1S/C20H19BrN4O3/c21-15-8-5-13(6-9-15)19-23-20(28-24-19)14-7-10-18(27)25(11-14)12-17(26)22-16-3-1-2-4-16/h5-11,16H,1-4,12H2,(H,22,26). The summed E-state index contributed by atoms with van der Waals surface area (Å²) in [6.45, 7) is -0.0309. The van der Waals surface area contributed by atoms with Gasteiger partial charge in [-0.05, 0) is 43.2 Å². The Bertz CT molecular complexity index is 1040. The average molecular weight is 443 g/mol. The van der Waals surface area contributed by atoms with Gasteiger partial charge in [0, 0.05) is 28.3 Å². The molecule has 8 heteroatoms. The van der Waals surface area contributed by atoms with E-state index in [9.17, 15) is 9.59 Å². The zero-order chi connectivity index (χ0) is 19.5. The monoisotopic (exact) mass is 442 g/mol. The minimum atomic E-state index is -0.252. The van der Waals surface area contributed by atoms with Crippen molar-refractivity contribution in [2.24, 2.45) is 0 Å². The predicted molar refractivity (Wildman–Crippen MR) is 108 cm³/mol. The number of pyridine rings is 1. The van der Waals surface area contributed by atoms with Gasteiger partial charge < -0.3 is 14.4 Å². The second-order valence-corrected chi connectivity index (χ2v) is 7.78. The number of amides is 1. The van der Waals surface area contributed by atoms with E-state index in [1.54, 1.807) is 12.3 Å². The highest BCUT2D eigenvalue weighted by Gasteiger charge is 2.18. The van der Waals surface area contributed by atoms with E-state index in [0.717, 1.165) is 35.7 Å². The van der Waals surface area contributed by atoms with Crippen LogP contribution in [-0.4, -0.2) is 26.7 Å². The summed E-state index contributed by atoms with van der Waals surface area (Å²) in [5.41, 5.74) is 1.16. The van der Waals surface area contributed by atoms with Gasteiger partial charge in [-0.15, -0.1) is 0 Å². The fraction of sp³-hybridized carbons (Fsp3) is 0.300. The lowest BCUT2D eigenvalue weighted by Crippen LogP contribution is -2.37. The molecule has 0 bridgehead atoms. The maximum atomic E-state index is 12.3. The third-order valence-corrected chi connectivity index (χ3v) is 5.32. The molecule has 2 aromatic heterocycles. The lowest BCUT2D eigenvalue weighted by molar-refractivity contribution is -0.122. The van der Waals surface area contributed by atoms with E-state index in [-0.39, 0.29) is 24.1 Å². The summed E-state index contributed by atoms with van der Waals surface area (Å²) in [6, 6.07) is 10.8. The molecule has 1 aliphatic carbocycles. The van der Waals surface area contributed by atoms with Crippen LogP contribution in [0.25, 0.3) is 22.8 Å². The second kappa shape index (κ2) is 8.10. The molecular formula is C20H19BrN4O3. The van der Waals surface area contributed by atoms with Crippen molar-refractivity contribution in [1.29, 1.82) is 0 Å². The molecule has 1 aromatic carbocycles. The topological polar surface area (TPSA) is 90.0 Å². The van der Waals surface area contributed by atoms with Crippen LogP contribution in [0.3, 0.4) is 0 Å². The lowest BCUT2D eigenvalue weighted by atomic mass is 10.2. The van der Waals surface area contributed by atoms with Crippen LogP contribution in [0.4, 0.5) is 0 Å². The molecule has 0 radical (unpaired) electrons. The molecule has 0 aliphatic heterocycles. The number of carbonyl (C=O) groups excluding carboxylic acids is 1. The molecule has 0 unspecified atom stereocenters. The fourth-order valence-electron chi connectivity index (χ4n) is 3.34. The number of rotatable bonds is 5.